The molecule has 29 heavy (non-hydrogen) atoms. The van der Waals surface area contributed by atoms with E-state index in [-0.39, 0.29) is 5.91 Å². The van der Waals surface area contributed by atoms with Gasteiger partial charge >= 0.3 is 0 Å². The number of nitrogens with zero attached hydrogens (tertiary/aromatic N) is 5. The topological polar surface area (TPSA) is 80.3 Å². The zero-order valence-corrected chi connectivity index (χ0v) is 17.2. The normalized spacial score (nSPS) is 14.2. The fourth-order valence-electron chi connectivity index (χ4n) is 3.39. The molecule has 7 nitrogen and oxygen atoms in total. The molecule has 3 aromatic rings. The zero-order valence-electron chi connectivity index (χ0n) is 16.4. The van der Waals surface area contributed by atoms with Crippen molar-refractivity contribution < 1.29 is 4.79 Å². The number of rotatable bonds is 5. The molecule has 8 heteroatoms. The Kier molecular flexibility index (Phi) is 5.71. The van der Waals surface area contributed by atoms with Crippen molar-refractivity contribution in [1.29, 1.82) is 0 Å². The van der Waals surface area contributed by atoms with Crippen LogP contribution >= 0.6 is 11.8 Å². The molecule has 1 aliphatic heterocycles. The average molecular weight is 409 g/mol. The molecule has 1 fully saturated rings. The number of amides is 1. The number of thioether (sulfide) groups is 1. The van der Waals surface area contributed by atoms with Crippen LogP contribution in [-0.4, -0.2) is 57.5 Å². The summed E-state index contributed by atoms with van der Waals surface area (Å²) in [4.78, 5) is 16.9. The predicted molar refractivity (Wildman–Crippen MR) is 117 cm³/mol. The summed E-state index contributed by atoms with van der Waals surface area (Å²) in [6.07, 6.45) is 0. The minimum absolute atomic E-state index is 0.139. The van der Waals surface area contributed by atoms with Crippen molar-refractivity contribution in [3.05, 3.63) is 54.6 Å². The number of aromatic nitrogens is 3. The lowest BCUT2D eigenvalue weighted by atomic mass is 10.2. The fraction of sp³-hybridized carbons (Fsp3) is 0.286. The maximum Gasteiger partial charge on any atom is 0.233 e. The number of carbonyl (C=O) groups is 1. The lowest BCUT2D eigenvalue weighted by Gasteiger charge is -2.36. The van der Waals surface area contributed by atoms with Gasteiger partial charge in [-0.1, -0.05) is 30.0 Å². The van der Waals surface area contributed by atoms with Gasteiger partial charge in [0.25, 0.3) is 0 Å². The van der Waals surface area contributed by atoms with Crippen LogP contribution in [0.2, 0.25) is 0 Å². The first-order valence-corrected chi connectivity index (χ1v) is 10.6. The number of hydrogen-bond donors (Lipinski definition) is 1. The largest absolute Gasteiger partial charge is 0.399 e. The van der Waals surface area contributed by atoms with Crippen LogP contribution in [0.3, 0.4) is 0 Å². The molecule has 1 aromatic heterocycles. The highest BCUT2D eigenvalue weighted by Gasteiger charge is 2.22. The molecule has 0 radical (unpaired) electrons. The van der Waals surface area contributed by atoms with E-state index in [1.807, 2.05) is 59.0 Å². The highest BCUT2D eigenvalue weighted by atomic mass is 32.2. The summed E-state index contributed by atoms with van der Waals surface area (Å²) in [5.74, 6) is 1.26. The molecule has 2 heterocycles. The van der Waals surface area contributed by atoms with E-state index in [4.69, 9.17) is 5.73 Å². The third-order valence-corrected chi connectivity index (χ3v) is 6.09. The standard InChI is InChI=1S/C21H24N6OS/c1-25-20(16-7-9-17(22)10-8-16)23-24-21(25)29-15-19(28)27-13-11-26(12-14-27)18-5-3-2-4-6-18/h2-10H,11-15,22H2,1H3. The second-order valence-electron chi connectivity index (χ2n) is 6.98. The average Bonchev–Trinajstić information content (AvgIpc) is 3.13. The van der Waals surface area contributed by atoms with Crippen LogP contribution < -0.4 is 10.6 Å². The van der Waals surface area contributed by atoms with E-state index >= 15 is 0 Å². The van der Waals surface area contributed by atoms with Crippen molar-refractivity contribution in [2.24, 2.45) is 7.05 Å². The summed E-state index contributed by atoms with van der Waals surface area (Å²) in [6, 6.07) is 17.9. The smallest absolute Gasteiger partial charge is 0.233 e. The predicted octanol–water partition coefficient (Wildman–Crippen LogP) is 2.51. The summed E-state index contributed by atoms with van der Waals surface area (Å²) in [7, 11) is 1.91. The van der Waals surface area contributed by atoms with E-state index in [2.05, 4.69) is 27.2 Å². The van der Waals surface area contributed by atoms with Gasteiger partial charge in [-0.15, -0.1) is 10.2 Å². The lowest BCUT2D eigenvalue weighted by molar-refractivity contribution is -0.128. The summed E-state index contributed by atoms with van der Waals surface area (Å²) in [6.45, 7) is 3.19. The van der Waals surface area contributed by atoms with Gasteiger partial charge in [-0.2, -0.15) is 0 Å². The van der Waals surface area contributed by atoms with Crippen molar-refractivity contribution >= 4 is 29.0 Å². The quantitative estimate of drug-likeness (QED) is 0.516. The molecule has 1 aliphatic rings. The van der Waals surface area contributed by atoms with Crippen molar-refractivity contribution in [2.45, 2.75) is 5.16 Å². The molecular weight excluding hydrogens is 384 g/mol. The van der Waals surface area contributed by atoms with Crippen LogP contribution in [0.4, 0.5) is 11.4 Å². The maximum absolute atomic E-state index is 12.7. The van der Waals surface area contributed by atoms with Gasteiger partial charge in [0.15, 0.2) is 11.0 Å². The van der Waals surface area contributed by atoms with Crippen molar-refractivity contribution in [3.63, 3.8) is 0 Å². The van der Waals surface area contributed by atoms with E-state index in [1.165, 1.54) is 17.4 Å². The minimum atomic E-state index is 0.139. The molecule has 0 unspecified atom stereocenters. The second kappa shape index (κ2) is 8.57. The first kappa shape index (κ1) is 19.3. The van der Waals surface area contributed by atoms with Crippen LogP contribution in [0.25, 0.3) is 11.4 Å². The summed E-state index contributed by atoms with van der Waals surface area (Å²) in [5, 5.41) is 9.25. The first-order valence-electron chi connectivity index (χ1n) is 9.57. The SMILES string of the molecule is Cn1c(SCC(=O)N2CCN(c3ccccc3)CC2)nnc1-c1ccc(N)cc1. The van der Waals surface area contributed by atoms with Gasteiger partial charge in [-0.3, -0.25) is 4.79 Å². The van der Waals surface area contributed by atoms with Gasteiger partial charge in [0.05, 0.1) is 5.75 Å². The molecule has 1 amide bonds. The summed E-state index contributed by atoms with van der Waals surface area (Å²) >= 11 is 1.42. The first-order chi connectivity index (χ1) is 14.1. The molecule has 0 bridgehead atoms. The number of nitrogen functional groups attached to an aromatic ring is 1. The lowest BCUT2D eigenvalue weighted by Crippen LogP contribution is -2.49. The molecule has 2 aromatic carbocycles. The van der Waals surface area contributed by atoms with Crippen molar-refractivity contribution in [3.8, 4) is 11.4 Å². The third-order valence-electron chi connectivity index (χ3n) is 5.08. The van der Waals surface area contributed by atoms with Gasteiger partial charge < -0.3 is 20.1 Å². The van der Waals surface area contributed by atoms with Crippen molar-refractivity contribution in [1.82, 2.24) is 19.7 Å². The fourth-order valence-corrected chi connectivity index (χ4v) is 4.21. The van der Waals surface area contributed by atoms with E-state index in [9.17, 15) is 4.79 Å². The van der Waals surface area contributed by atoms with Gasteiger partial charge in [-0.05, 0) is 36.4 Å². The van der Waals surface area contributed by atoms with Crippen LogP contribution in [-0.2, 0) is 11.8 Å². The molecular formula is C21H24N6OS. The Labute approximate surface area is 174 Å². The molecule has 0 spiro atoms. The molecule has 1 saturated heterocycles. The van der Waals surface area contributed by atoms with Crippen LogP contribution in [0, 0.1) is 0 Å². The Morgan fingerprint density at radius 3 is 2.38 bits per heavy atom. The monoisotopic (exact) mass is 408 g/mol. The summed E-state index contributed by atoms with van der Waals surface area (Å²) in [5.41, 5.74) is 8.62. The second-order valence-corrected chi connectivity index (χ2v) is 7.92. The van der Waals surface area contributed by atoms with E-state index in [0.29, 0.717) is 11.4 Å². The molecule has 0 saturated carbocycles. The van der Waals surface area contributed by atoms with Gasteiger partial charge in [-0.25, -0.2) is 0 Å². The van der Waals surface area contributed by atoms with Crippen LogP contribution in [0.5, 0.6) is 0 Å². The number of nitrogens with two attached hydrogens (primary N) is 1. The highest BCUT2D eigenvalue weighted by Crippen LogP contribution is 2.24. The Bertz CT molecular complexity index is 965. The van der Waals surface area contributed by atoms with Gasteiger partial charge in [0.1, 0.15) is 0 Å². The molecule has 4 rings (SSSR count). The number of para-hydroxylation sites is 1. The third kappa shape index (κ3) is 4.37. The Balaban J connectivity index is 1.32. The van der Waals surface area contributed by atoms with Crippen molar-refractivity contribution in [2.75, 3.05) is 42.6 Å². The number of anilines is 2. The van der Waals surface area contributed by atoms with Gasteiger partial charge in [0, 0.05) is 50.2 Å². The minimum Gasteiger partial charge on any atom is -0.399 e. The number of benzene rings is 2. The Morgan fingerprint density at radius 2 is 1.69 bits per heavy atom. The molecule has 0 aliphatic carbocycles. The maximum atomic E-state index is 12.7. The number of carbonyl (C=O) groups excluding carboxylic acids is 1. The number of piperazine rings is 1. The van der Waals surface area contributed by atoms with E-state index in [1.54, 1.807) is 0 Å². The molecule has 0 atom stereocenters. The van der Waals surface area contributed by atoms with E-state index < -0.39 is 0 Å². The Morgan fingerprint density at radius 1 is 1.00 bits per heavy atom. The highest BCUT2D eigenvalue weighted by molar-refractivity contribution is 7.99. The van der Waals surface area contributed by atoms with Gasteiger partial charge in [0.2, 0.25) is 5.91 Å². The van der Waals surface area contributed by atoms with E-state index in [0.717, 1.165) is 42.7 Å². The zero-order chi connectivity index (χ0) is 20.2. The Hall–Kier alpha value is -3.00. The van der Waals surface area contributed by atoms with Crippen LogP contribution in [0.1, 0.15) is 0 Å². The number of hydrogen-bond acceptors (Lipinski definition) is 6. The molecule has 2 N–H and O–H groups in total. The molecule has 150 valence electrons. The van der Waals surface area contributed by atoms with Crippen LogP contribution in [0.15, 0.2) is 59.8 Å². The summed E-state index contributed by atoms with van der Waals surface area (Å²) < 4.78 is 1.91.